The molecule has 4 N–H and O–H groups in total. The van der Waals surface area contributed by atoms with E-state index in [1.165, 1.54) is 36.3 Å². The highest BCUT2D eigenvalue weighted by molar-refractivity contribution is 7.91. The van der Waals surface area contributed by atoms with E-state index in [0.717, 1.165) is 5.56 Å². The Morgan fingerprint density at radius 1 is 1.04 bits per heavy atom. The minimum atomic E-state index is -3.97. The number of methoxy groups -OCH3 is 1. The van der Waals surface area contributed by atoms with Crippen molar-refractivity contribution in [3.8, 4) is 0 Å². The second-order valence-electron chi connectivity index (χ2n) is 12.5. The second-order valence-corrected chi connectivity index (χ2v) is 14.5. The van der Waals surface area contributed by atoms with Gasteiger partial charge in [0.25, 0.3) is 0 Å². The number of primary amides is 1. The van der Waals surface area contributed by atoms with Crippen LogP contribution in [0.3, 0.4) is 0 Å². The van der Waals surface area contributed by atoms with Crippen molar-refractivity contribution in [1.29, 1.82) is 0 Å². The summed E-state index contributed by atoms with van der Waals surface area (Å²) in [5, 5.41) is 5.32. The van der Waals surface area contributed by atoms with Gasteiger partial charge in [0, 0.05) is 19.0 Å². The van der Waals surface area contributed by atoms with Crippen molar-refractivity contribution in [1.82, 2.24) is 15.5 Å². The van der Waals surface area contributed by atoms with Gasteiger partial charge in [0.05, 0.1) is 30.3 Å². The van der Waals surface area contributed by atoms with Crippen molar-refractivity contribution in [3.05, 3.63) is 42.0 Å². The molecule has 4 amide bonds. The van der Waals surface area contributed by atoms with Crippen LogP contribution in [-0.4, -0.2) is 93.0 Å². The number of likely N-dealkylation sites (tertiary alicyclic amines) is 1. The number of carbonyl (C=O) groups is 6. The van der Waals surface area contributed by atoms with Gasteiger partial charge in [0.1, 0.15) is 18.1 Å². The van der Waals surface area contributed by atoms with Crippen LogP contribution in [0.25, 0.3) is 0 Å². The molecular formula is C34H50N4O10S. The van der Waals surface area contributed by atoms with Crippen LogP contribution in [0.4, 0.5) is 0 Å². The van der Waals surface area contributed by atoms with Gasteiger partial charge < -0.3 is 30.7 Å². The van der Waals surface area contributed by atoms with E-state index in [9.17, 15) is 37.2 Å². The number of rotatable bonds is 19. The summed E-state index contributed by atoms with van der Waals surface area (Å²) in [6.45, 7) is 7.58. The number of nitrogens with one attached hydrogen (secondary N) is 2. The fourth-order valence-corrected chi connectivity index (χ4v) is 7.09. The van der Waals surface area contributed by atoms with Gasteiger partial charge in [-0.1, -0.05) is 37.6 Å². The number of aryl methyl sites for hydroxylation is 1. The molecule has 0 spiro atoms. The maximum Gasteiger partial charge on any atom is 0.330 e. The fourth-order valence-electron chi connectivity index (χ4n) is 5.50. The summed E-state index contributed by atoms with van der Waals surface area (Å²) in [7, 11) is -2.75. The quantitative estimate of drug-likeness (QED) is 0.140. The first-order valence-corrected chi connectivity index (χ1v) is 18.1. The lowest BCUT2D eigenvalue weighted by Crippen LogP contribution is -2.56. The van der Waals surface area contributed by atoms with E-state index in [0.29, 0.717) is 19.3 Å². The third kappa shape index (κ3) is 13.3. The van der Waals surface area contributed by atoms with E-state index in [2.05, 4.69) is 10.6 Å². The Balaban J connectivity index is 2.34. The summed E-state index contributed by atoms with van der Waals surface area (Å²) in [5.74, 6) is -5.58. The highest BCUT2D eigenvalue weighted by atomic mass is 32.2. The van der Waals surface area contributed by atoms with Gasteiger partial charge in [-0.25, -0.2) is 18.0 Å². The van der Waals surface area contributed by atoms with Crippen LogP contribution in [0.15, 0.2) is 41.3 Å². The van der Waals surface area contributed by atoms with E-state index in [-0.39, 0.29) is 49.6 Å². The predicted molar refractivity (Wildman–Crippen MR) is 180 cm³/mol. The number of nitrogens with zero attached hydrogens (tertiary/aromatic N) is 1. The van der Waals surface area contributed by atoms with Crippen LogP contribution < -0.4 is 16.4 Å². The van der Waals surface area contributed by atoms with Crippen molar-refractivity contribution in [2.24, 2.45) is 17.6 Å². The van der Waals surface area contributed by atoms with Crippen molar-refractivity contribution in [2.75, 3.05) is 26.0 Å². The number of amides is 4. The largest absolute Gasteiger partial charge is 0.467 e. The van der Waals surface area contributed by atoms with Crippen molar-refractivity contribution < 1.29 is 46.7 Å². The lowest BCUT2D eigenvalue weighted by Gasteiger charge is -2.30. The molecule has 1 saturated heterocycles. The number of nitrogens with two attached hydrogens (primary N) is 1. The van der Waals surface area contributed by atoms with Gasteiger partial charge in [0.15, 0.2) is 9.84 Å². The van der Waals surface area contributed by atoms with E-state index < -0.39 is 75.2 Å². The highest BCUT2D eigenvalue weighted by Gasteiger charge is 2.40. The van der Waals surface area contributed by atoms with Gasteiger partial charge in [-0.05, 0) is 70.4 Å². The average Bonchev–Trinajstić information content (AvgIpc) is 3.53. The first kappa shape index (κ1) is 40.9. The van der Waals surface area contributed by atoms with Crippen molar-refractivity contribution in [2.45, 2.75) is 95.7 Å². The Bertz CT molecular complexity index is 1460. The number of esters is 2. The average molecular weight is 707 g/mol. The summed E-state index contributed by atoms with van der Waals surface area (Å²) in [6, 6.07) is 3.00. The Kier molecular flexibility index (Phi) is 16.4. The number of carbonyl (C=O) groups excluding carboxylic acids is 6. The summed E-state index contributed by atoms with van der Waals surface area (Å²) in [5.41, 5.74) is 6.22. The Labute approximate surface area is 288 Å². The SMILES string of the molecule is CCOC(=O)C=CCC[C@H](CS(=O)(=O)c1ccc(C)cc1)C(=O)N[C@@H](CCC(N)=O)C(=O)N1CCC[C@H]1C(=O)N[C@@H](CC(C)C)C(=O)OC. The molecule has 4 atom stereocenters. The molecule has 1 fully saturated rings. The number of allylic oxidation sites excluding steroid dienone is 1. The van der Waals surface area contributed by atoms with Crippen LogP contribution in [0, 0.1) is 18.8 Å². The van der Waals surface area contributed by atoms with Crippen LogP contribution in [0.5, 0.6) is 0 Å². The normalized spacial score (nSPS) is 16.5. The molecule has 2 rings (SSSR count). The van der Waals surface area contributed by atoms with E-state index in [4.69, 9.17) is 15.2 Å². The van der Waals surface area contributed by atoms with Gasteiger partial charge >= 0.3 is 11.9 Å². The molecule has 1 aromatic carbocycles. The zero-order valence-corrected chi connectivity index (χ0v) is 29.8. The predicted octanol–water partition coefficient (Wildman–Crippen LogP) is 1.73. The van der Waals surface area contributed by atoms with E-state index in [1.807, 2.05) is 20.8 Å². The summed E-state index contributed by atoms with van der Waals surface area (Å²) >= 11 is 0. The molecule has 0 unspecified atom stereocenters. The molecule has 0 aliphatic carbocycles. The molecule has 0 radical (unpaired) electrons. The van der Waals surface area contributed by atoms with Gasteiger partial charge in [-0.2, -0.15) is 0 Å². The Morgan fingerprint density at radius 2 is 1.71 bits per heavy atom. The first-order valence-electron chi connectivity index (χ1n) is 16.5. The van der Waals surface area contributed by atoms with Crippen LogP contribution >= 0.6 is 0 Å². The van der Waals surface area contributed by atoms with Gasteiger partial charge in [0.2, 0.25) is 23.6 Å². The molecule has 272 valence electrons. The molecule has 0 aromatic heterocycles. The maximum atomic E-state index is 13.9. The van der Waals surface area contributed by atoms with Crippen LogP contribution in [-0.2, 0) is 48.1 Å². The number of ether oxygens (including phenoxy) is 2. The molecule has 0 bridgehead atoms. The lowest BCUT2D eigenvalue weighted by molar-refractivity contribution is -0.147. The minimum Gasteiger partial charge on any atom is -0.467 e. The molecule has 1 aliphatic heterocycles. The monoisotopic (exact) mass is 706 g/mol. The molecule has 15 heteroatoms. The molecule has 0 saturated carbocycles. The Hall–Kier alpha value is -4.27. The fraction of sp³-hybridized carbons (Fsp3) is 0.588. The van der Waals surface area contributed by atoms with E-state index >= 15 is 0 Å². The summed E-state index contributed by atoms with van der Waals surface area (Å²) in [4.78, 5) is 78.2. The summed E-state index contributed by atoms with van der Waals surface area (Å²) < 4.78 is 36.5. The van der Waals surface area contributed by atoms with Crippen LogP contribution in [0.2, 0.25) is 0 Å². The second kappa shape index (κ2) is 19.7. The van der Waals surface area contributed by atoms with Crippen molar-refractivity contribution >= 4 is 45.4 Å². The Morgan fingerprint density at radius 3 is 2.31 bits per heavy atom. The smallest absolute Gasteiger partial charge is 0.330 e. The van der Waals surface area contributed by atoms with Crippen LogP contribution in [0.1, 0.15) is 71.3 Å². The third-order valence-electron chi connectivity index (χ3n) is 8.04. The molecular weight excluding hydrogens is 656 g/mol. The standard InChI is InChI=1S/C34H50N4O10S/c1-6-48-30(40)12-8-7-10-24(21-49(45,46)25-15-13-23(4)14-16-25)31(41)36-26(17-18-29(35)39)33(43)38-19-9-11-28(38)32(42)37-27(20-22(2)3)34(44)47-5/h8,12-16,22,24,26-28H,6-7,9-11,17-21H2,1-5H3,(H2,35,39)(H,36,41)(H,37,42)/t24-,26+,27+,28+/m1/s1. The number of hydrogen-bond acceptors (Lipinski definition) is 10. The molecule has 14 nitrogen and oxygen atoms in total. The summed E-state index contributed by atoms with van der Waals surface area (Å²) in [6.07, 6.45) is 3.44. The zero-order valence-electron chi connectivity index (χ0n) is 28.9. The third-order valence-corrected chi connectivity index (χ3v) is 9.87. The zero-order chi connectivity index (χ0) is 36.7. The number of hydrogen-bond donors (Lipinski definition) is 3. The molecule has 1 aliphatic rings. The maximum absolute atomic E-state index is 13.9. The lowest BCUT2D eigenvalue weighted by atomic mass is 10.0. The molecule has 49 heavy (non-hydrogen) atoms. The van der Waals surface area contributed by atoms with Crippen molar-refractivity contribution in [3.63, 3.8) is 0 Å². The number of sulfone groups is 1. The van der Waals surface area contributed by atoms with Gasteiger partial charge in [-0.15, -0.1) is 0 Å². The first-order chi connectivity index (χ1) is 23.1. The topological polar surface area (TPSA) is 208 Å². The van der Waals surface area contributed by atoms with E-state index in [1.54, 1.807) is 19.1 Å². The number of benzene rings is 1. The van der Waals surface area contributed by atoms with Gasteiger partial charge in [-0.3, -0.25) is 19.2 Å². The highest BCUT2D eigenvalue weighted by Crippen LogP contribution is 2.23. The molecule has 1 heterocycles. The minimum absolute atomic E-state index is 0.00305. The molecule has 1 aromatic rings.